The van der Waals surface area contributed by atoms with Gasteiger partial charge in [-0.3, -0.25) is 15.1 Å². The lowest BCUT2D eigenvalue weighted by Crippen LogP contribution is -2.37. The number of nitrogens with zero attached hydrogens (tertiary/aromatic N) is 1. The minimum absolute atomic E-state index is 0.0194. The van der Waals surface area contributed by atoms with Crippen molar-refractivity contribution in [2.24, 2.45) is 0 Å². The maximum Gasteiger partial charge on any atom is 0.573 e. The molecule has 0 aliphatic carbocycles. The Morgan fingerprint density at radius 2 is 1.93 bits per heavy atom. The minimum Gasteiger partial charge on any atom is -0.406 e. The SMILES string of the molecule is O=C(CONC1=CCN(S(=O)(=O)c2ccc(OC(F)(F)F)cc2)CC1)NCCO. The standard InChI is InChI=1S/C16H20F3N3O6S/c17-16(18,19)28-13-1-3-14(4-2-13)29(25,26)22-8-5-12(6-9-22)21-27-11-15(24)20-7-10-23/h1-5,21,23H,6-11H2,(H,20,24). The van der Waals surface area contributed by atoms with Crippen molar-refractivity contribution in [3.05, 3.63) is 36.0 Å². The first kappa shape index (κ1) is 22.9. The summed E-state index contributed by atoms with van der Waals surface area (Å²) in [4.78, 5) is 16.2. The number of nitrogens with one attached hydrogen (secondary N) is 2. The number of carbonyl (C=O) groups is 1. The van der Waals surface area contributed by atoms with Gasteiger partial charge in [0.1, 0.15) is 5.75 Å². The number of alkyl halides is 3. The molecule has 0 unspecified atom stereocenters. The molecule has 162 valence electrons. The molecule has 0 saturated heterocycles. The highest BCUT2D eigenvalue weighted by molar-refractivity contribution is 7.89. The summed E-state index contributed by atoms with van der Waals surface area (Å²) in [6.45, 7) is -0.229. The fourth-order valence-electron chi connectivity index (χ4n) is 2.36. The number of halogens is 3. The molecule has 0 spiro atoms. The molecule has 13 heteroatoms. The normalized spacial score (nSPS) is 15.5. The number of hydroxylamine groups is 1. The number of carbonyl (C=O) groups excluding carboxylic acids is 1. The Bertz CT molecular complexity index is 827. The van der Waals surface area contributed by atoms with Gasteiger partial charge in [-0.1, -0.05) is 0 Å². The molecule has 9 nitrogen and oxygen atoms in total. The first-order valence-electron chi connectivity index (χ1n) is 8.42. The molecular formula is C16H20F3N3O6S. The van der Waals surface area contributed by atoms with Gasteiger partial charge in [-0.05, 0) is 30.3 Å². The van der Waals surface area contributed by atoms with Crippen LogP contribution in [0.3, 0.4) is 0 Å². The summed E-state index contributed by atoms with van der Waals surface area (Å²) in [5.74, 6) is -0.938. The Morgan fingerprint density at radius 3 is 2.48 bits per heavy atom. The smallest absolute Gasteiger partial charge is 0.406 e. The number of amides is 1. The minimum atomic E-state index is -4.86. The first-order valence-corrected chi connectivity index (χ1v) is 9.86. The highest BCUT2D eigenvalue weighted by atomic mass is 32.2. The zero-order valence-electron chi connectivity index (χ0n) is 15.1. The molecule has 0 aromatic heterocycles. The van der Waals surface area contributed by atoms with E-state index in [2.05, 4.69) is 15.5 Å². The van der Waals surface area contributed by atoms with Crippen molar-refractivity contribution in [3.63, 3.8) is 0 Å². The van der Waals surface area contributed by atoms with E-state index < -0.39 is 28.0 Å². The molecule has 1 aromatic rings. The fourth-order valence-corrected chi connectivity index (χ4v) is 3.75. The molecule has 1 amide bonds. The Balaban J connectivity index is 1.89. The van der Waals surface area contributed by atoms with E-state index in [1.165, 1.54) is 0 Å². The van der Waals surface area contributed by atoms with E-state index in [1.807, 2.05) is 0 Å². The van der Waals surface area contributed by atoms with Crippen LogP contribution in [0.2, 0.25) is 0 Å². The van der Waals surface area contributed by atoms with Crippen molar-refractivity contribution >= 4 is 15.9 Å². The molecule has 0 bridgehead atoms. The van der Waals surface area contributed by atoms with Crippen LogP contribution in [0.5, 0.6) is 5.75 Å². The van der Waals surface area contributed by atoms with E-state index in [4.69, 9.17) is 9.94 Å². The fraction of sp³-hybridized carbons (Fsp3) is 0.438. The van der Waals surface area contributed by atoms with Crippen LogP contribution in [-0.4, -0.2) is 62.9 Å². The largest absolute Gasteiger partial charge is 0.573 e. The lowest BCUT2D eigenvalue weighted by Gasteiger charge is -2.26. The van der Waals surface area contributed by atoms with E-state index in [9.17, 15) is 26.4 Å². The zero-order chi connectivity index (χ0) is 21.5. The van der Waals surface area contributed by atoms with Gasteiger partial charge in [-0.15, -0.1) is 13.2 Å². The van der Waals surface area contributed by atoms with Crippen LogP contribution < -0.4 is 15.5 Å². The second-order valence-electron chi connectivity index (χ2n) is 5.83. The van der Waals surface area contributed by atoms with Gasteiger partial charge < -0.3 is 15.2 Å². The topological polar surface area (TPSA) is 117 Å². The zero-order valence-corrected chi connectivity index (χ0v) is 15.9. The van der Waals surface area contributed by atoms with Crippen LogP contribution in [0.1, 0.15) is 6.42 Å². The Labute approximate surface area is 165 Å². The van der Waals surface area contributed by atoms with Gasteiger partial charge in [0.25, 0.3) is 0 Å². The molecule has 0 atom stereocenters. The van der Waals surface area contributed by atoms with Gasteiger partial charge in [0.2, 0.25) is 15.9 Å². The number of rotatable bonds is 9. The lowest BCUT2D eigenvalue weighted by molar-refractivity contribution is -0.274. The number of benzene rings is 1. The number of ether oxygens (including phenoxy) is 1. The molecule has 0 radical (unpaired) electrons. The molecule has 1 aliphatic heterocycles. The van der Waals surface area contributed by atoms with Gasteiger partial charge in [-0.25, -0.2) is 8.42 Å². The maximum absolute atomic E-state index is 12.6. The third-order valence-electron chi connectivity index (χ3n) is 3.71. The Hall–Kier alpha value is -2.35. The summed E-state index contributed by atoms with van der Waals surface area (Å²) in [5, 5.41) is 11.0. The molecule has 1 aromatic carbocycles. The summed E-state index contributed by atoms with van der Waals surface area (Å²) in [5.41, 5.74) is 3.15. The summed E-state index contributed by atoms with van der Waals surface area (Å²) in [6.07, 6.45) is -3.01. The summed E-state index contributed by atoms with van der Waals surface area (Å²) < 4.78 is 66.7. The molecule has 1 heterocycles. The van der Waals surface area contributed by atoms with Gasteiger partial charge >= 0.3 is 6.36 Å². The maximum atomic E-state index is 12.6. The molecule has 0 saturated carbocycles. The number of sulfonamides is 1. The van der Waals surface area contributed by atoms with E-state index in [-0.39, 0.29) is 44.2 Å². The van der Waals surface area contributed by atoms with E-state index in [0.717, 1.165) is 28.6 Å². The average molecular weight is 439 g/mol. The van der Waals surface area contributed by atoms with Crippen molar-refractivity contribution in [2.45, 2.75) is 17.7 Å². The van der Waals surface area contributed by atoms with Crippen LogP contribution in [0, 0.1) is 0 Å². The van der Waals surface area contributed by atoms with Crippen molar-refractivity contribution < 1.29 is 41.1 Å². The predicted octanol–water partition coefficient (Wildman–Crippen LogP) is 0.493. The lowest BCUT2D eigenvalue weighted by atomic mass is 10.2. The van der Waals surface area contributed by atoms with Crippen molar-refractivity contribution in [3.8, 4) is 5.75 Å². The highest BCUT2D eigenvalue weighted by Crippen LogP contribution is 2.26. The quantitative estimate of drug-likeness (QED) is 0.480. The van der Waals surface area contributed by atoms with Gasteiger partial charge in [-0.2, -0.15) is 4.31 Å². The second kappa shape index (κ2) is 9.91. The van der Waals surface area contributed by atoms with E-state index in [1.54, 1.807) is 6.08 Å². The van der Waals surface area contributed by atoms with Crippen LogP contribution in [0.25, 0.3) is 0 Å². The number of hydrogen-bond acceptors (Lipinski definition) is 7. The summed E-state index contributed by atoms with van der Waals surface area (Å²) >= 11 is 0. The van der Waals surface area contributed by atoms with Crippen molar-refractivity contribution in [2.75, 3.05) is 32.8 Å². The summed E-state index contributed by atoms with van der Waals surface area (Å²) in [6, 6.07) is 3.95. The summed E-state index contributed by atoms with van der Waals surface area (Å²) in [7, 11) is -3.89. The monoisotopic (exact) mass is 439 g/mol. The third-order valence-corrected chi connectivity index (χ3v) is 5.59. The number of aliphatic hydroxyl groups is 1. The molecular weight excluding hydrogens is 419 g/mol. The molecule has 3 N–H and O–H groups in total. The van der Waals surface area contributed by atoms with E-state index in [0.29, 0.717) is 5.70 Å². The van der Waals surface area contributed by atoms with Crippen molar-refractivity contribution in [1.82, 2.24) is 15.1 Å². The van der Waals surface area contributed by atoms with Gasteiger partial charge in [0.05, 0.1) is 11.5 Å². The Morgan fingerprint density at radius 1 is 1.24 bits per heavy atom. The van der Waals surface area contributed by atoms with Gasteiger partial charge in [0, 0.05) is 31.8 Å². The van der Waals surface area contributed by atoms with Crippen LogP contribution in [-0.2, 0) is 19.7 Å². The van der Waals surface area contributed by atoms with Crippen molar-refractivity contribution in [1.29, 1.82) is 0 Å². The Kier molecular flexibility index (Phi) is 7.84. The third kappa shape index (κ3) is 7.20. The van der Waals surface area contributed by atoms with E-state index >= 15 is 0 Å². The molecule has 2 rings (SSSR count). The second-order valence-corrected chi connectivity index (χ2v) is 7.76. The highest BCUT2D eigenvalue weighted by Gasteiger charge is 2.31. The van der Waals surface area contributed by atoms with Crippen LogP contribution >= 0.6 is 0 Å². The number of aliphatic hydroxyl groups excluding tert-OH is 1. The molecule has 1 aliphatic rings. The number of hydrogen-bond donors (Lipinski definition) is 3. The first-order chi connectivity index (χ1) is 13.6. The predicted molar refractivity (Wildman–Crippen MR) is 93.8 cm³/mol. The molecule has 29 heavy (non-hydrogen) atoms. The van der Waals surface area contributed by atoms with Gasteiger partial charge in [0.15, 0.2) is 6.61 Å². The molecule has 0 fully saturated rings. The average Bonchev–Trinajstić information content (AvgIpc) is 2.66. The van der Waals surface area contributed by atoms with Crippen LogP contribution in [0.4, 0.5) is 13.2 Å². The van der Waals surface area contributed by atoms with Crippen LogP contribution in [0.15, 0.2) is 40.9 Å².